The highest BCUT2D eigenvalue weighted by Crippen LogP contribution is 2.27. The summed E-state index contributed by atoms with van der Waals surface area (Å²) in [5, 5.41) is 4.52. The zero-order chi connectivity index (χ0) is 13.4. The average Bonchev–Trinajstić information content (AvgIpc) is 2.93. The zero-order valence-corrected chi connectivity index (χ0v) is 11.3. The number of esters is 1. The smallest absolute Gasteiger partial charge is 0.310 e. The number of hydrogen-bond acceptors (Lipinski definition) is 3. The van der Waals surface area contributed by atoms with E-state index in [-0.39, 0.29) is 5.97 Å². The van der Waals surface area contributed by atoms with Gasteiger partial charge in [0.05, 0.1) is 13.0 Å². The summed E-state index contributed by atoms with van der Waals surface area (Å²) in [4.78, 5) is 11.7. The van der Waals surface area contributed by atoms with Crippen molar-refractivity contribution >= 4 is 16.9 Å². The van der Waals surface area contributed by atoms with Crippen molar-refractivity contribution in [2.24, 2.45) is 7.05 Å². The molecule has 0 amide bonds. The Balaban J connectivity index is 2.03. The van der Waals surface area contributed by atoms with Gasteiger partial charge in [0.2, 0.25) is 0 Å². The van der Waals surface area contributed by atoms with Gasteiger partial charge in [-0.25, -0.2) is 0 Å². The summed E-state index contributed by atoms with van der Waals surface area (Å²) in [5.41, 5.74) is 4.92. The third-order valence-corrected chi connectivity index (χ3v) is 3.66. The molecule has 0 radical (unpaired) electrons. The minimum Gasteiger partial charge on any atom is -0.466 e. The van der Waals surface area contributed by atoms with Crippen LogP contribution in [0.4, 0.5) is 0 Å². The molecule has 2 heterocycles. The summed E-state index contributed by atoms with van der Waals surface area (Å²) in [6.45, 7) is 4.12. The lowest BCUT2D eigenvalue weighted by atomic mass is 10.0. The Morgan fingerprint density at radius 3 is 2.84 bits per heavy atom. The van der Waals surface area contributed by atoms with Crippen LogP contribution < -0.4 is 5.32 Å². The number of benzene rings is 1. The molecule has 19 heavy (non-hydrogen) atoms. The number of aromatic nitrogens is 1. The molecule has 0 unspecified atom stereocenters. The fraction of sp³-hybridized carbons (Fsp3) is 0.400. The van der Waals surface area contributed by atoms with Crippen molar-refractivity contribution in [2.75, 3.05) is 6.61 Å². The number of aryl methyl sites for hydroxylation is 1. The molecular formula is C15H18N2O2. The number of fused-ring (bicyclic) bond motifs is 2. The topological polar surface area (TPSA) is 43.3 Å². The molecule has 0 aliphatic carbocycles. The van der Waals surface area contributed by atoms with E-state index in [9.17, 15) is 4.79 Å². The Labute approximate surface area is 112 Å². The van der Waals surface area contributed by atoms with E-state index >= 15 is 0 Å². The normalized spacial score (nSPS) is 13.8. The summed E-state index contributed by atoms with van der Waals surface area (Å²) >= 11 is 0. The van der Waals surface area contributed by atoms with Crippen molar-refractivity contribution in [2.45, 2.75) is 26.4 Å². The van der Waals surface area contributed by atoms with Crippen LogP contribution in [0.5, 0.6) is 0 Å². The molecule has 4 nitrogen and oxygen atoms in total. The Kier molecular flexibility index (Phi) is 3.03. The zero-order valence-electron chi connectivity index (χ0n) is 11.3. The number of nitrogens with one attached hydrogen (secondary N) is 1. The average molecular weight is 258 g/mol. The molecule has 2 aromatic rings. The standard InChI is InChI=1S/C15H18N2O2/c1-3-19-15(18)6-12-9-17(2)14-5-11-8-16-7-10(11)4-13(12)14/h4-5,9,16H,3,6-8H2,1-2H3. The van der Waals surface area contributed by atoms with E-state index in [0.29, 0.717) is 13.0 Å². The number of carbonyl (C=O) groups is 1. The van der Waals surface area contributed by atoms with Gasteiger partial charge in [-0.2, -0.15) is 0 Å². The quantitative estimate of drug-likeness (QED) is 0.855. The van der Waals surface area contributed by atoms with Crippen LogP contribution in [-0.4, -0.2) is 17.1 Å². The van der Waals surface area contributed by atoms with Crippen LogP contribution in [0, 0.1) is 0 Å². The van der Waals surface area contributed by atoms with Crippen LogP contribution in [0.1, 0.15) is 23.6 Å². The van der Waals surface area contributed by atoms with Crippen LogP contribution in [0.3, 0.4) is 0 Å². The molecule has 1 aliphatic rings. The molecule has 1 aromatic carbocycles. The van der Waals surface area contributed by atoms with E-state index in [4.69, 9.17) is 4.74 Å². The van der Waals surface area contributed by atoms with Gasteiger partial charge < -0.3 is 14.6 Å². The summed E-state index contributed by atoms with van der Waals surface area (Å²) < 4.78 is 7.12. The monoisotopic (exact) mass is 258 g/mol. The van der Waals surface area contributed by atoms with Gasteiger partial charge in [-0.15, -0.1) is 0 Å². The fourth-order valence-corrected chi connectivity index (χ4v) is 2.77. The molecule has 0 saturated heterocycles. The van der Waals surface area contributed by atoms with Gasteiger partial charge in [0.25, 0.3) is 0 Å². The Morgan fingerprint density at radius 2 is 2.11 bits per heavy atom. The first-order valence-corrected chi connectivity index (χ1v) is 6.65. The van der Waals surface area contributed by atoms with Crippen LogP contribution in [0.2, 0.25) is 0 Å². The van der Waals surface area contributed by atoms with Gasteiger partial charge in [-0.3, -0.25) is 4.79 Å². The molecule has 0 atom stereocenters. The maximum absolute atomic E-state index is 11.7. The van der Waals surface area contributed by atoms with Gasteiger partial charge in [-0.05, 0) is 35.7 Å². The SMILES string of the molecule is CCOC(=O)Cc1cn(C)c2cc3c(cc12)CNC3. The van der Waals surface area contributed by atoms with E-state index in [1.807, 2.05) is 20.2 Å². The van der Waals surface area contributed by atoms with E-state index in [1.54, 1.807) is 0 Å². The number of hydrogen-bond donors (Lipinski definition) is 1. The van der Waals surface area contributed by atoms with Crippen molar-refractivity contribution in [3.8, 4) is 0 Å². The molecule has 0 bridgehead atoms. The van der Waals surface area contributed by atoms with Crippen molar-refractivity contribution in [3.05, 3.63) is 35.0 Å². The van der Waals surface area contributed by atoms with Crippen molar-refractivity contribution in [3.63, 3.8) is 0 Å². The highest BCUT2D eigenvalue weighted by Gasteiger charge is 2.16. The molecule has 3 rings (SSSR count). The van der Waals surface area contributed by atoms with Gasteiger partial charge >= 0.3 is 5.97 Å². The predicted octanol–water partition coefficient (Wildman–Crippen LogP) is 1.89. The predicted molar refractivity (Wildman–Crippen MR) is 73.8 cm³/mol. The summed E-state index contributed by atoms with van der Waals surface area (Å²) in [6.07, 6.45) is 2.38. The van der Waals surface area contributed by atoms with Crippen LogP contribution in [0.15, 0.2) is 18.3 Å². The summed E-state index contributed by atoms with van der Waals surface area (Å²) in [5.74, 6) is -0.159. The summed E-state index contributed by atoms with van der Waals surface area (Å²) in [7, 11) is 2.02. The molecule has 1 N–H and O–H groups in total. The Morgan fingerprint density at radius 1 is 1.37 bits per heavy atom. The van der Waals surface area contributed by atoms with Gasteiger partial charge in [0.15, 0.2) is 0 Å². The fourth-order valence-electron chi connectivity index (χ4n) is 2.77. The minimum absolute atomic E-state index is 0.159. The van der Waals surface area contributed by atoms with Crippen molar-refractivity contribution in [1.29, 1.82) is 0 Å². The maximum Gasteiger partial charge on any atom is 0.310 e. The maximum atomic E-state index is 11.7. The highest BCUT2D eigenvalue weighted by atomic mass is 16.5. The number of carbonyl (C=O) groups excluding carboxylic acids is 1. The van der Waals surface area contributed by atoms with Gasteiger partial charge in [-0.1, -0.05) is 0 Å². The molecule has 1 aromatic heterocycles. The molecule has 100 valence electrons. The van der Waals surface area contributed by atoms with Crippen LogP contribution in [-0.2, 0) is 36.1 Å². The van der Waals surface area contributed by atoms with Crippen LogP contribution >= 0.6 is 0 Å². The van der Waals surface area contributed by atoms with Gasteiger partial charge in [0.1, 0.15) is 0 Å². The Bertz CT molecular complexity index is 643. The Hall–Kier alpha value is -1.81. The second-order valence-corrected chi connectivity index (χ2v) is 4.99. The lowest BCUT2D eigenvalue weighted by molar-refractivity contribution is -0.142. The highest BCUT2D eigenvalue weighted by molar-refractivity contribution is 5.89. The third-order valence-electron chi connectivity index (χ3n) is 3.66. The molecular weight excluding hydrogens is 240 g/mol. The first-order chi connectivity index (χ1) is 9.19. The molecule has 4 heteroatoms. The first-order valence-electron chi connectivity index (χ1n) is 6.65. The molecule has 1 aliphatic heterocycles. The van der Waals surface area contributed by atoms with E-state index < -0.39 is 0 Å². The van der Waals surface area contributed by atoms with Crippen molar-refractivity contribution in [1.82, 2.24) is 9.88 Å². The van der Waals surface area contributed by atoms with E-state index in [1.165, 1.54) is 16.6 Å². The number of rotatable bonds is 3. The lowest BCUT2D eigenvalue weighted by Crippen LogP contribution is -2.07. The molecule has 0 fully saturated rings. The lowest BCUT2D eigenvalue weighted by Gasteiger charge is -2.03. The molecule has 0 spiro atoms. The largest absolute Gasteiger partial charge is 0.466 e. The van der Waals surface area contributed by atoms with E-state index in [2.05, 4.69) is 22.0 Å². The number of nitrogens with zero attached hydrogens (tertiary/aromatic N) is 1. The minimum atomic E-state index is -0.159. The van der Waals surface area contributed by atoms with Gasteiger partial charge in [0, 0.05) is 37.2 Å². The first kappa shape index (κ1) is 12.2. The summed E-state index contributed by atoms with van der Waals surface area (Å²) in [6, 6.07) is 4.43. The van der Waals surface area contributed by atoms with Crippen molar-refractivity contribution < 1.29 is 9.53 Å². The van der Waals surface area contributed by atoms with E-state index in [0.717, 1.165) is 24.0 Å². The second kappa shape index (κ2) is 4.70. The third kappa shape index (κ3) is 2.12. The second-order valence-electron chi connectivity index (χ2n) is 4.99. The van der Waals surface area contributed by atoms with Crippen LogP contribution in [0.25, 0.3) is 10.9 Å². The molecule has 0 saturated carbocycles. The number of ether oxygens (including phenoxy) is 1.